The standard InChI is InChI=1S/C23H22N6O2/c1-15-7-3-5-9-18(15)25-22-24-16(2)13-20-26-28(23(31)29(20)22)14-21(30)27-12-11-17-8-4-6-10-19(17)27/h3-10,13H,11-12,14H2,1-2H3,(H,24,25). The van der Waals surface area contributed by atoms with Crippen LogP contribution in [0.15, 0.2) is 59.4 Å². The Bertz CT molecular complexity index is 1370. The molecule has 3 heterocycles. The van der Waals surface area contributed by atoms with Gasteiger partial charge in [0.05, 0.1) is 0 Å². The molecule has 0 saturated carbocycles. The normalized spacial score (nSPS) is 12.9. The zero-order chi connectivity index (χ0) is 21.5. The van der Waals surface area contributed by atoms with Gasteiger partial charge in [-0.05, 0) is 43.5 Å². The molecule has 0 unspecified atom stereocenters. The maximum Gasteiger partial charge on any atom is 0.353 e. The highest BCUT2D eigenvalue weighted by molar-refractivity contribution is 5.95. The van der Waals surface area contributed by atoms with Gasteiger partial charge in [-0.2, -0.15) is 0 Å². The summed E-state index contributed by atoms with van der Waals surface area (Å²) in [5.74, 6) is 0.216. The summed E-state index contributed by atoms with van der Waals surface area (Å²) < 4.78 is 2.62. The fourth-order valence-corrected chi connectivity index (χ4v) is 3.98. The Morgan fingerprint density at radius 2 is 1.87 bits per heavy atom. The fraction of sp³-hybridized carbons (Fsp3) is 0.217. The van der Waals surface area contributed by atoms with Crippen molar-refractivity contribution in [2.24, 2.45) is 0 Å². The SMILES string of the molecule is Cc1cc2nn(CC(=O)N3CCc4ccccc43)c(=O)n2c(Nc2ccccc2C)n1. The number of nitrogens with one attached hydrogen (secondary N) is 1. The van der Waals surface area contributed by atoms with Crippen LogP contribution in [0.1, 0.15) is 16.8 Å². The summed E-state index contributed by atoms with van der Waals surface area (Å²) in [5.41, 5.74) is 4.70. The molecule has 31 heavy (non-hydrogen) atoms. The lowest BCUT2D eigenvalue weighted by molar-refractivity contribution is -0.119. The first-order chi connectivity index (χ1) is 15.0. The van der Waals surface area contributed by atoms with Gasteiger partial charge < -0.3 is 10.2 Å². The first-order valence-electron chi connectivity index (χ1n) is 10.2. The Kier molecular flexibility index (Phi) is 4.54. The number of benzene rings is 2. The molecule has 1 aliphatic heterocycles. The number of aromatic nitrogens is 4. The number of amides is 1. The average molecular weight is 414 g/mol. The highest BCUT2D eigenvalue weighted by Gasteiger charge is 2.25. The molecule has 4 aromatic rings. The van der Waals surface area contributed by atoms with Crippen molar-refractivity contribution in [3.05, 3.63) is 81.9 Å². The Labute approximate surface area is 178 Å². The van der Waals surface area contributed by atoms with E-state index in [4.69, 9.17) is 0 Å². The summed E-state index contributed by atoms with van der Waals surface area (Å²) in [6, 6.07) is 17.4. The molecule has 8 nitrogen and oxygen atoms in total. The minimum atomic E-state index is -0.403. The van der Waals surface area contributed by atoms with Gasteiger partial charge in [-0.1, -0.05) is 36.4 Å². The molecule has 2 aromatic heterocycles. The summed E-state index contributed by atoms with van der Waals surface area (Å²) in [7, 11) is 0. The molecule has 1 aliphatic rings. The first-order valence-corrected chi connectivity index (χ1v) is 10.2. The van der Waals surface area contributed by atoms with Crippen LogP contribution < -0.4 is 15.9 Å². The second-order valence-corrected chi connectivity index (χ2v) is 7.72. The Hall–Kier alpha value is -3.94. The van der Waals surface area contributed by atoms with Crippen molar-refractivity contribution >= 4 is 28.9 Å². The van der Waals surface area contributed by atoms with Crippen molar-refractivity contribution in [1.29, 1.82) is 0 Å². The molecule has 0 fully saturated rings. The summed E-state index contributed by atoms with van der Waals surface area (Å²) >= 11 is 0. The Balaban J connectivity index is 1.50. The van der Waals surface area contributed by atoms with Crippen LogP contribution in [0.4, 0.5) is 17.3 Å². The topological polar surface area (TPSA) is 84.5 Å². The van der Waals surface area contributed by atoms with Crippen LogP contribution in [0, 0.1) is 13.8 Å². The van der Waals surface area contributed by atoms with Crippen molar-refractivity contribution in [1.82, 2.24) is 19.2 Å². The third-order valence-electron chi connectivity index (χ3n) is 5.56. The number of carbonyl (C=O) groups excluding carboxylic acids is 1. The van der Waals surface area contributed by atoms with Crippen molar-refractivity contribution < 1.29 is 4.79 Å². The molecular weight excluding hydrogens is 392 g/mol. The number of rotatable bonds is 4. The molecule has 0 aliphatic carbocycles. The molecule has 5 rings (SSSR count). The average Bonchev–Trinajstić information content (AvgIpc) is 3.31. The fourth-order valence-electron chi connectivity index (χ4n) is 3.98. The van der Waals surface area contributed by atoms with Gasteiger partial charge in [-0.15, -0.1) is 5.10 Å². The minimum absolute atomic E-state index is 0.127. The second kappa shape index (κ2) is 7.39. The molecule has 0 spiro atoms. The monoisotopic (exact) mass is 414 g/mol. The van der Waals surface area contributed by atoms with Gasteiger partial charge in [-0.25, -0.2) is 18.9 Å². The van der Waals surface area contributed by atoms with E-state index in [9.17, 15) is 9.59 Å². The van der Waals surface area contributed by atoms with Gasteiger partial charge in [0.1, 0.15) is 6.54 Å². The Morgan fingerprint density at radius 1 is 1.10 bits per heavy atom. The first kappa shape index (κ1) is 19.0. The lowest BCUT2D eigenvalue weighted by Crippen LogP contribution is -2.36. The maximum atomic E-state index is 13.1. The molecule has 0 atom stereocenters. The molecule has 1 N–H and O–H groups in total. The van der Waals surface area contributed by atoms with Crippen LogP contribution in [-0.4, -0.2) is 31.6 Å². The molecule has 2 aromatic carbocycles. The number of hydrogen-bond donors (Lipinski definition) is 1. The van der Waals surface area contributed by atoms with E-state index in [2.05, 4.69) is 15.4 Å². The Morgan fingerprint density at radius 3 is 2.71 bits per heavy atom. The van der Waals surface area contributed by atoms with E-state index in [1.807, 2.05) is 62.4 Å². The third kappa shape index (κ3) is 3.35. The zero-order valence-corrected chi connectivity index (χ0v) is 17.4. The quantitative estimate of drug-likeness (QED) is 0.555. The van der Waals surface area contributed by atoms with Crippen molar-refractivity contribution in [3.8, 4) is 0 Å². The number of fused-ring (bicyclic) bond motifs is 2. The van der Waals surface area contributed by atoms with Crippen LogP contribution in [0.2, 0.25) is 0 Å². The zero-order valence-electron chi connectivity index (χ0n) is 17.4. The van der Waals surface area contributed by atoms with E-state index in [0.717, 1.165) is 34.6 Å². The van der Waals surface area contributed by atoms with Crippen LogP contribution in [0.3, 0.4) is 0 Å². The van der Waals surface area contributed by atoms with Crippen molar-refractivity contribution in [3.63, 3.8) is 0 Å². The molecule has 0 bridgehead atoms. The predicted octanol–water partition coefficient (Wildman–Crippen LogP) is 2.84. The summed E-state index contributed by atoms with van der Waals surface area (Å²) in [6.45, 7) is 4.31. The maximum absolute atomic E-state index is 13.1. The predicted molar refractivity (Wildman–Crippen MR) is 119 cm³/mol. The van der Waals surface area contributed by atoms with Gasteiger partial charge in [0.15, 0.2) is 5.65 Å². The van der Waals surface area contributed by atoms with E-state index >= 15 is 0 Å². The van der Waals surface area contributed by atoms with Gasteiger partial charge in [0.2, 0.25) is 11.9 Å². The smallest absolute Gasteiger partial charge is 0.325 e. The van der Waals surface area contributed by atoms with E-state index in [0.29, 0.717) is 18.1 Å². The van der Waals surface area contributed by atoms with Crippen molar-refractivity contribution in [2.75, 3.05) is 16.8 Å². The third-order valence-corrected chi connectivity index (χ3v) is 5.56. The lowest BCUT2D eigenvalue weighted by atomic mass is 10.2. The van der Waals surface area contributed by atoms with Gasteiger partial charge in [0, 0.05) is 29.7 Å². The van der Waals surface area contributed by atoms with E-state index in [-0.39, 0.29) is 12.5 Å². The summed E-state index contributed by atoms with van der Waals surface area (Å²) in [5, 5.41) is 7.64. The number of para-hydroxylation sites is 2. The summed E-state index contributed by atoms with van der Waals surface area (Å²) in [6.07, 6.45) is 0.815. The van der Waals surface area contributed by atoms with Gasteiger partial charge >= 0.3 is 5.69 Å². The van der Waals surface area contributed by atoms with E-state index < -0.39 is 5.69 Å². The van der Waals surface area contributed by atoms with Crippen LogP contribution in [-0.2, 0) is 17.8 Å². The highest BCUT2D eigenvalue weighted by Crippen LogP contribution is 2.27. The number of anilines is 3. The second-order valence-electron chi connectivity index (χ2n) is 7.72. The van der Waals surface area contributed by atoms with E-state index in [1.54, 1.807) is 11.0 Å². The summed E-state index contributed by atoms with van der Waals surface area (Å²) in [4.78, 5) is 32.3. The largest absolute Gasteiger partial charge is 0.353 e. The van der Waals surface area contributed by atoms with Gasteiger partial charge in [0.25, 0.3) is 0 Å². The minimum Gasteiger partial charge on any atom is -0.325 e. The molecule has 1 amide bonds. The number of aryl methyl sites for hydroxylation is 2. The molecular formula is C23H22N6O2. The molecule has 156 valence electrons. The van der Waals surface area contributed by atoms with Gasteiger partial charge in [-0.3, -0.25) is 4.79 Å². The van der Waals surface area contributed by atoms with Crippen LogP contribution in [0.5, 0.6) is 0 Å². The molecule has 0 radical (unpaired) electrons. The van der Waals surface area contributed by atoms with Crippen molar-refractivity contribution in [2.45, 2.75) is 26.8 Å². The highest BCUT2D eigenvalue weighted by atomic mass is 16.2. The number of hydrogen-bond acceptors (Lipinski definition) is 5. The van der Waals surface area contributed by atoms with Crippen LogP contribution in [0.25, 0.3) is 5.65 Å². The molecule has 8 heteroatoms. The van der Waals surface area contributed by atoms with E-state index in [1.165, 1.54) is 9.08 Å². The number of carbonyl (C=O) groups is 1. The number of nitrogens with zero attached hydrogens (tertiary/aromatic N) is 5. The lowest BCUT2D eigenvalue weighted by Gasteiger charge is -2.16. The molecule has 0 saturated heterocycles. The van der Waals surface area contributed by atoms with Crippen LogP contribution >= 0.6 is 0 Å².